The summed E-state index contributed by atoms with van der Waals surface area (Å²) < 4.78 is 5.52. The van der Waals surface area contributed by atoms with E-state index in [1.54, 1.807) is 0 Å². The molecule has 1 aromatic rings. The van der Waals surface area contributed by atoms with Gasteiger partial charge in [0.25, 0.3) is 0 Å². The second-order valence-corrected chi connectivity index (χ2v) is 4.43. The van der Waals surface area contributed by atoms with Gasteiger partial charge in [-0.3, -0.25) is 4.79 Å². The maximum atomic E-state index is 12.0. The molecule has 0 heterocycles. The number of ketones is 1. The van der Waals surface area contributed by atoms with E-state index in [2.05, 4.69) is 0 Å². The number of Topliss-reactive ketones (excluding diaryl/α,β-unsaturated/α-hetero) is 1. The minimum absolute atomic E-state index is 0.288. The van der Waals surface area contributed by atoms with Crippen molar-refractivity contribution in [2.45, 2.75) is 33.6 Å². The summed E-state index contributed by atoms with van der Waals surface area (Å²) >= 11 is 0. The lowest BCUT2D eigenvalue weighted by atomic mass is 9.97. The molecule has 1 aromatic carbocycles. The van der Waals surface area contributed by atoms with E-state index < -0.39 is 0 Å². The third-order valence-electron chi connectivity index (χ3n) is 3.25. The Bertz CT molecular complexity index is 417. The molecule has 0 saturated heterocycles. The molecular formula is C14H18O2. The number of rotatable bonds is 4. The molecule has 0 bridgehead atoms. The van der Waals surface area contributed by atoms with Gasteiger partial charge in [-0.05, 0) is 56.9 Å². The summed E-state index contributed by atoms with van der Waals surface area (Å²) in [6.07, 6.45) is 2.12. The van der Waals surface area contributed by atoms with Crippen LogP contribution in [-0.4, -0.2) is 12.4 Å². The predicted molar refractivity (Wildman–Crippen MR) is 64.1 cm³/mol. The van der Waals surface area contributed by atoms with Crippen LogP contribution >= 0.6 is 0 Å². The molecule has 1 aliphatic rings. The van der Waals surface area contributed by atoms with Gasteiger partial charge in [0.2, 0.25) is 0 Å². The Morgan fingerprint density at radius 1 is 1.31 bits per heavy atom. The van der Waals surface area contributed by atoms with Crippen molar-refractivity contribution in [2.24, 2.45) is 5.92 Å². The highest BCUT2D eigenvalue weighted by Gasteiger charge is 2.31. The normalized spacial score (nSPS) is 14.9. The van der Waals surface area contributed by atoms with E-state index in [-0.39, 0.29) is 5.92 Å². The Kier molecular flexibility index (Phi) is 2.99. The SMILES string of the molecule is CCOc1ccc(C(=O)C2CC2)c(C)c1C. The second-order valence-electron chi connectivity index (χ2n) is 4.43. The number of hydrogen-bond acceptors (Lipinski definition) is 2. The lowest BCUT2D eigenvalue weighted by Gasteiger charge is -2.12. The Balaban J connectivity index is 2.33. The third kappa shape index (κ3) is 1.97. The highest BCUT2D eigenvalue weighted by molar-refractivity contribution is 6.00. The molecule has 0 amide bonds. The van der Waals surface area contributed by atoms with E-state index in [0.29, 0.717) is 12.4 Å². The number of benzene rings is 1. The summed E-state index contributed by atoms with van der Waals surface area (Å²) in [5.41, 5.74) is 3.04. The molecule has 1 aliphatic carbocycles. The number of hydrogen-bond donors (Lipinski definition) is 0. The van der Waals surface area contributed by atoms with Gasteiger partial charge in [-0.15, -0.1) is 0 Å². The summed E-state index contributed by atoms with van der Waals surface area (Å²) in [6, 6.07) is 3.83. The van der Waals surface area contributed by atoms with Gasteiger partial charge in [-0.1, -0.05) is 0 Å². The summed E-state index contributed by atoms with van der Waals surface area (Å²) in [5, 5.41) is 0. The Labute approximate surface area is 96.6 Å². The highest BCUT2D eigenvalue weighted by Crippen LogP contribution is 2.35. The number of ether oxygens (including phenoxy) is 1. The molecule has 2 nitrogen and oxygen atoms in total. The molecule has 1 fully saturated rings. The van der Waals surface area contributed by atoms with Crippen LogP contribution in [-0.2, 0) is 0 Å². The summed E-state index contributed by atoms with van der Waals surface area (Å²) in [4.78, 5) is 12.0. The fourth-order valence-corrected chi connectivity index (χ4v) is 1.94. The van der Waals surface area contributed by atoms with Crippen molar-refractivity contribution in [3.05, 3.63) is 28.8 Å². The molecule has 0 N–H and O–H groups in total. The van der Waals surface area contributed by atoms with Crippen LogP contribution in [0.3, 0.4) is 0 Å². The first-order valence-electron chi connectivity index (χ1n) is 5.92. The highest BCUT2D eigenvalue weighted by atomic mass is 16.5. The molecule has 16 heavy (non-hydrogen) atoms. The molecule has 2 heteroatoms. The van der Waals surface area contributed by atoms with Gasteiger partial charge in [-0.25, -0.2) is 0 Å². The van der Waals surface area contributed by atoms with Crippen molar-refractivity contribution in [2.75, 3.05) is 6.61 Å². The maximum Gasteiger partial charge on any atom is 0.166 e. The number of carbonyl (C=O) groups is 1. The Morgan fingerprint density at radius 2 is 2.00 bits per heavy atom. The average molecular weight is 218 g/mol. The van der Waals surface area contributed by atoms with Crippen LogP contribution in [0.15, 0.2) is 12.1 Å². The molecule has 0 unspecified atom stereocenters. The zero-order valence-electron chi connectivity index (χ0n) is 10.2. The smallest absolute Gasteiger partial charge is 0.166 e. The van der Waals surface area contributed by atoms with Gasteiger partial charge in [-0.2, -0.15) is 0 Å². The average Bonchev–Trinajstić information content (AvgIpc) is 3.08. The molecule has 2 rings (SSSR count). The topological polar surface area (TPSA) is 26.3 Å². The van der Waals surface area contributed by atoms with E-state index in [9.17, 15) is 4.79 Å². The van der Waals surface area contributed by atoms with Crippen LogP contribution in [0.5, 0.6) is 5.75 Å². The molecule has 0 spiro atoms. The molecule has 0 aromatic heterocycles. The Morgan fingerprint density at radius 3 is 2.56 bits per heavy atom. The molecule has 0 radical (unpaired) electrons. The fraction of sp³-hybridized carbons (Fsp3) is 0.500. The minimum Gasteiger partial charge on any atom is -0.494 e. The first-order valence-corrected chi connectivity index (χ1v) is 5.92. The first-order chi connectivity index (χ1) is 7.65. The zero-order valence-corrected chi connectivity index (χ0v) is 10.2. The minimum atomic E-state index is 0.288. The van der Waals surface area contributed by atoms with Crippen molar-refractivity contribution >= 4 is 5.78 Å². The molecule has 1 saturated carbocycles. The second kappa shape index (κ2) is 4.28. The van der Waals surface area contributed by atoms with Crippen LogP contribution in [0.1, 0.15) is 41.3 Å². The maximum absolute atomic E-state index is 12.0. The van der Waals surface area contributed by atoms with E-state index in [1.807, 2.05) is 32.9 Å². The van der Waals surface area contributed by atoms with Crippen molar-refractivity contribution in [3.8, 4) is 5.75 Å². The molecule has 86 valence electrons. The largest absolute Gasteiger partial charge is 0.494 e. The van der Waals surface area contributed by atoms with Crippen LogP contribution in [0.2, 0.25) is 0 Å². The molecule has 0 aliphatic heterocycles. The van der Waals surface area contributed by atoms with E-state index in [4.69, 9.17) is 4.74 Å². The standard InChI is InChI=1S/C14H18O2/c1-4-16-13-8-7-12(9(2)10(13)3)14(15)11-5-6-11/h7-8,11H,4-6H2,1-3H3. The lowest BCUT2D eigenvalue weighted by molar-refractivity contribution is 0.0967. The molecule has 0 atom stereocenters. The first kappa shape index (κ1) is 11.2. The monoisotopic (exact) mass is 218 g/mol. The van der Waals surface area contributed by atoms with Crippen LogP contribution in [0, 0.1) is 19.8 Å². The van der Waals surface area contributed by atoms with Gasteiger partial charge in [0.05, 0.1) is 6.61 Å². The number of carbonyl (C=O) groups excluding carboxylic acids is 1. The van der Waals surface area contributed by atoms with Crippen LogP contribution in [0.25, 0.3) is 0 Å². The van der Waals surface area contributed by atoms with Crippen LogP contribution in [0.4, 0.5) is 0 Å². The van der Waals surface area contributed by atoms with Crippen molar-refractivity contribution in [3.63, 3.8) is 0 Å². The predicted octanol–water partition coefficient (Wildman–Crippen LogP) is 3.29. The summed E-state index contributed by atoms with van der Waals surface area (Å²) in [6.45, 7) is 6.66. The lowest BCUT2D eigenvalue weighted by Crippen LogP contribution is -2.06. The quantitative estimate of drug-likeness (QED) is 0.725. The summed E-state index contributed by atoms with van der Waals surface area (Å²) in [5.74, 6) is 1.49. The molecular weight excluding hydrogens is 200 g/mol. The van der Waals surface area contributed by atoms with Gasteiger partial charge in [0, 0.05) is 11.5 Å². The third-order valence-corrected chi connectivity index (χ3v) is 3.25. The van der Waals surface area contributed by atoms with Gasteiger partial charge < -0.3 is 4.74 Å². The van der Waals surface area contributed by atoms with Crippen molar-refractivity contribution < 1.29 is 9.53 Å². The van der Waals surface area contributed by atoms with E-state index in [1.165, 1.54) is 0 Å². The van der Waals surface area contributed by atoms with Crippen molar-refractivity contribution in [1.29, 1.82) is 0 Å². The summed E-state index contributed by atoms with van der Waals surface area (Å²) in [7, 11) is 0. The Hall–Kier alpha value is -1.31. The zero-order chi connectivity index (χ0) is 11.7. The van der Waals surface area contributed by atoms with Gasteiger partial charge in [0.1, 0.15) is 5.75 Å². The van der Waals surface area contributed by atoms with Gasteiger partial charge >= 0.3 is 0 Å². The van der Waals surface area contributed by atoms with E-state index >= 15 is 0 Å². The van der Waals surface area contributed by atoms with E-state index in [0.717, 1.165) is 35.3 Å². The van der Waals surface area contributed by atoms with Crippen molar-refractivity contribution in [1.82, 2.24) is 0 Å². The fourth-order valence-electron chi connectivity index (χ4n) is 1.94. The van der Waals surface area contributed by atoms with Crippen LogP contribution < -0.4 is 4.74 Å². The van der Waals surface area contributed by atoms with Gasteiger partial charge in [0.15, 0.2) is 5.78 Å².